The highest BCUT2D eigenvalue weighted by Gasteiger charge is 2.30. The van der Waals surface area contributed by atoms with Gasteiger partial charge in [0.15, 0.2) is 0 Å². The van der Waals surface area contributed by atoms with Crippen LogP contribution in [0.1, 0.15) is 23.5 Å². The van der Waals surface area contributed by atoms with Crippen LogP contribution < -0.4 is 10.5 Å². The van der Waals surface area contributed by atoms with Crippen molar-refractivity contribution in [3.8, 4) is 5.75 Å². The van der Waals surface area contributed by atoms with Crippen LogP contribution in [0.4, 0.5) is 0 Å². The van der Waals surface area contributed by atoms with Gasteiger partial charge in [-0.05, 0) is 18.1 Å². The van der Waals surface area contributed by atoms with E-state index < -0.39 is 0 Å². The number of amides is 1. The maximum absolute atomic E-state index is 13.1. The molecule has 1 aliphatic rings. The summed E-state index contributed by atoms with van der Waals surface area (Å²) < 4.78 is 5.67. The lowest BCUT2D eigenvalue weighted by atomic mass is 9.91. The molecule has 2 aromatic rings. The number of nitrogens with two attached hydrogens (primary N) is 1. The zero-order chi connectivity index (χ0) is 16.1. The summed E-state index contributed by atoms with van der Waals surface area (Å²) in [6.07, 6.45) is 0.714. The molecule has 1 aliphatic heterocycles. The molecule has 0 aliphatic carbocycles. The molecule has 120 valence electrons. The SMILES string of the molecule is NCCN(Cc1ccccc1)C(=O)C1CCOc2ccccc21. The van der Waals surface area contributed by atoms with Crippen LogP contribution in [0, 0.1) is 0 Å². The summed E-state index contributed by atoms with van der Waals surface area (Å²) in [5, 5.41) is 0. The summed E-state index contributed by atoms with van der Waals surface area (Å²) in [5.41, 5.74) is 7.83. The first-order valence-corrected chi connectivity index (χ1v) is 8.04. The average Bonchev–Trinajstić information content (AvgIpc) is 2.61. The van der Waals surface area contributed by atoms with E-state index in [-0.39, 0.29) is 11.8 Å². The summed E-state index contributed by atoms with van der Waals surface area (Å²) in [7, 11) is 0. The molecule has 3 rings (SSSR count). The van der Waals surface area contributed by atoms with Crippen molar-refractivity contribution in [3.63, 3.8) is 0 Å². The molecule has 0 saturated carbocycles. The molecule has 2 aromatic carbocycles. The first-order chi connectivity index (χ1) is 11.3. The minimum atomic E-state index is -0.143. The molecule has 0 bridgehead atoms. The molecule has 0 spiro atoms. The molecule has 0 radical (unpaired) electrons. The Hall–Kier alpha value is -2.33. The Morgan fingerprint density at radius 3 is 2.65 bits per heavy atom. The third-order valence-electron chi connectivity index (χ3n) is 4.18. The Morgan fingerprint density at radius 1 is 1.13 bits per heavy atom. The number of nitrogens with zero attached hydrogens (tertiary/aromatic N) is 1. The normalized spacial score (nSPS) is 16.3. The van der Waals surface area contributed by atoms with Crippen molar-refractivity contribution in [1.29, 1.82) is 0 Å². The fourth-order valence-electron chi connectivity index (χ4n) is 3.05. The van der Waals surface area contributed by atoms with Crippen LogP contribution in [0.2, 0.25) is 0 Å². The molecular formula is C19H22N2O2. The number of rotatable bonds is 5. The number of hydrogen-bond acceptors (Lipinski definition) is 3. The molecule has 1 unspecified atom stereocenters. The van der Waals surface area contributed by atoms with Gasteiger partial charge in [-0.3, -0.25) is 4.79 Å². The third-order valence-corrected chi connectivity index (χ3v) is 4.18. The molecule has 0 fully saturated rings. The van der Waals surface area contributed by atoms with Crippen molar-refractivity contribution >= 4 is 5.91 Å². The van der Waals surface area contributed by atoms with Gasteiger partial charge in [-0.1, -0.05) is 48.5 Å². The van der Waals surface area contributed by atoms with Crippen molar-refractivity contribution in [1.82, 2.24) is 4.90 Å². The molecule has 2 N–H and O–H groups in total. The monoisotopic (exact) mass is 310 g/mol. The van der Waals surface area contributed by atoms with Gasteiger partial charge in [0.1, 0.15) is 5.75 Å². The minimum absolute atomic E-state index is 0.134. The molecule has 23 heavy (non-hydrogen) atoms. The number of benzene rings is 2. The summed E-state index contributed by atoms with van der Waals surface area (Å²) >= 11 is 0. The summed E-state index contributed by atoms with van der Waals surface area (Å²) in [6, 6.07) is 17.8. The largest absolute Gasteiger partial charge is 0.493 e. The van der Waals surface area contributed by atoms with Gasteiger partial charge in [-0.25, -0.2) is 0 Å². The average molecular weight is 310 g/mol. The predicted molar refractivity (Wildman–Crippen MR) is 90.2 cm³/mol. The lowest BCUT2D eigenvalue weighted by Gasteiger charge is -2.30. The van der Waals surface area contributed by atoms with Crippen LogP contribution in [0.25, 0.3) is 0 Å². The van der Waals surface area contributed by atoms with E-state index in [4.69, 9.17) is 10.5 Å². The van der Waals surface area contributed by atoms with E-state index in [0.717, 1.165) is 16.9 Å². The Labute approximate surface area is 136 Å². The van der Waals surface area contributed by atoms with E-state index >= 15 is 0 Å². The molecule has 4 nitrogen and oxygen atoms in total. The zero-order valence-electron chi connectivity index (χ0n) is 13.2. The first kappa shape index (κ1) is 15.6. The Balaban J connectivity index is 1.82. The van der Waals surface area contributed by atoms with E-state index in [1.807, 2.05) is 59.5 Å². The minimum Gasteiger partial charge on any atom is -0.493 e. The van der Waals surface area contributed by atoms with Gasteiger partial charge in [-0.15, -0.1) is 0 Å². The van der Waals surface area contributed by atoms with Crippen molar-refractivity contribution < 1.29 is 9.53 Å². The van der Waals surface area contributed by atoms with Crippen LogP contribution in [-0.2, 0) is 11.3 Å². The van der Waals surface area contributed by atoms with E-state index in [1.54, 1.807) is 0 Å². The number of carbonyl (C=O) groups excluding carboxylic acids is 1. The number of hydrogen-bond donors (Lipinski definition) is 1. The smallest absolute Gasteiger partial charge is 0.230 e. The number of para-hydroxylation sites is 1. The van der Waals surface area contributed by atoms with E-state index in [2.05, 4.69) is 0 Å². The molecule has 0 aromatic heterocycles. The molecule has 1 atom stereocenters. The number of fused-ring (bicyclic) bond motifs is 1. The van der Waals surface area contributed by atoms with E-state index in [0.29, 0.717) is 32.7 Å². The molecule has 1 heterocycles. The lowest BCUT2D eigenvalue weighted by Crippen LogP contribution is -2.39. The molecule has 1 amide bonds. The van der Waals surface area contributed by atoms with Gasteiger partial charge in [0.2, 0.25) is 5.91 Å². The van der Waals surface area contributed by atoms with Gasteiger partial charge >= 0.3 is 0 Å². The quantitative estimate of drug-likeness (QED) is 0.923. The van der Waals surface area contributed by atoms with Gasteiger partial charge in [0.25, 0.3) is 0 Å². The Kier molecular flexibility index (Phi) is 4.93. The van der Waals surface area contributed by atoms with Crippen molar-refractivity contribution in [2.75, 3.05) is 19.7 Å². The van der Waals surface area contributed by atoms with Gasteiger partial charge in [-0.2, -0.15) is 0 Å². The second kappa shape index (κ2) is 7.29. The van der Waals surface area contributed by atoms with Gasteiger partial charge in [0.05, 0.1) is 12.5 Å². The fourth-order valence-corrected chi connectivity index (χ4v) is 3.05. The molecule has 4 heteroatoms. The summed E-state index contributed by atoms with van der Waals surface area (Å²) in [4.78, 5) is 14.9. The predicted octanol–water partition coefficient (Wildman–Crippen LogP) is 2.54. The number of ether oxygens (including phenoxy) is 1. The first-order valence-electron chi connectivity index (χ1n) is 8.04. The Bertz CT molecular complexity index is 657. The second-order valence-corrected chi connectivity index (χ2v) is 5.76. The standard InChI is InChI=1S/C19H22N2O2/c20-11-12-21(14-15-6-2-1-3-7-15)19(22)17-10-13-23-18-9-5-4-8-16(17)18/h1-9,17H,10-14,20H2. The van der Waals surface area contributed by atoms with Crippen molar-refractivity contribution in [2.24, 2.45) is 5.73 Å². The van der Waals surface area contributed by atoms with Crippen LogP contribution in [0.15, 0.2) is 54.6 Å². The van der Waals surface area contributed by atoms with Gasteiger partial charge < -0.3 is 15.4 Å². The number of carbonyl (C=O) groups is 1. The van der Waals surface area contributed by atoms with E-state index in [9.17, 15) is 4.79 Å². The highest BCUT2D eigenvalue weighted by atomic mass is 16.5. The van der Waals surface area contributed by atoms with Crippen molar-refractivity contribution in [2.45, 2.75) is 18.9 Å². The maximum Gasteiger partial charge on any atom is 0.230 e. The fraction of sp³-hybridized carbons (Fsp3) is 0.316. The van der Waals surface area contributed by atoms with Crippen LogP contribution in [0.5, 0.6) is 5.75 Å². The van der Waals surface area contributed by atoms with Crippen LogP contribution in [-0.4, -0.2) is 30.5 Å². The second-order valence-electron chi connectivity index (χ2n) is 5.76. The highest BCUT2D eigenvalue weighted by Crippen LogP contribution is 2.34. The van der Waals surface area contributed by atoms with Crippen LogP contribution in [0.3, 0.4) is 0 Å². The van der Waals surface area contributed by atoms with Gasteiger partial charge in [0, 0.05) is 25.2 Å². The topological polar surface area (TPSA) is 55.6 Å². The lowest BCUT2D eigenvalue weighted by molar-refractivity contribution is -0.134. The summed E-state index contributed by atoms with van der Waals surface area (Å²) in [6.45, 7) is 2.20. The molecular weight excluding hydrogens is 288 g/mol. The van der Waals surface area contributed by atoms with Crippen molar-refractivity contribution in [3.05, 3.63) is 65.7 Å². The third kappa shape index (κ3) is 3.54. The highest BCUT2D eigenvalue weighted by molar-refractivity contribution is 5.85. The zero-order valence-corrected chi connectivity index (χ0v) is 13.2. The summed E-state index contributed by atoms with van der Waals surface area (Å²) in [5.74, 6) is 0.815. The Morgan fingerprint density at radius 2 is 1.87 bits per heavy atom. The van der Waals surface area contributed by atoms with Crippen LogP contribution >= 0.6 is 0 Å². The maximum atomic E-state index is 13.1. The van der Waals surface area contributed by atoms with E-state index in [1.165, 1.54) is 0 Å². The molecule has 0 saturated heterocycles.